The van der Waals surface area contributed by atoms with Gasteiger partial charge in [0.25, 0.3) is 0 Å². The predicted molar refractivity (Wildman–Crippen MR) is 81.8 cm³/mol. The molecule has 112 valence electrons. The van der Waals surface area contributed by atoms with Gasteiger partial charge in [-0.05, 0) is 44.4 Å². The van der Waals surface area contributed by atoms with Crippen molar-refractivity contribution in [3.63, 3.8) is 0 Å². The molecule has 0 aliphatic heterocycles. The Balaban J connectivity index is 2.15. The fourth-order valence-electron chi connectivity index (χ4n) is 3.14. The van der Waals surface area contributed by atoms with E-state index < -0.39 is 0 Å². The average molecular weight is 277 g/mol. The highest BCUT2D eigenvalue weighted by Crippen LogP contribution is 2.32. The molecule has 0 amide bonds. The van der Waals surface area contributed by atoms with Crippen LogP contribution in [0.25, 0.3) is 0 Å². The van der Waals surface area contributed by atoms with Crippen LogP contribution in [-0.2, 0) is 6.42 Å². The molecule has 4 nitrogen and oxygen atoms in total. The van der Waals surface area contributed by atoms with E-state index in [0.29, 0.717) is 11.7 Å². The van der Waals surface area contributed by atoms with E-state index in [4.69, 9.17) is 10.5 Å². The Bertz CT molecular complexity index is 451. The molecule has 1 aromatic heterocycles. The molecular formula is C16H27N3O. The molecule has 20 heavy (non-hydrogen) atoms. The van der Waals surface area contributed by atoms with Crippen molar-refractivity contribution in [2.24, 2.45) is 11.8 Å². The number of nitrogens with two attached hydrogens (primary N) is 1. The SMILES string of the molecule is CCCc1nc(N)c(C)c(OC2CC(C)CC(C)C2)n1. The van der Waals surface area contributed by atoms with Crippen LogP contribution in [0.4, 0.5) is 5.82 Å². The smallest absolute Gasteiger partial charge is 0.222 e. The van der Waals surface area contributed by atoms with E-state index in [0.717, 1.165) is 48.9 Å². The Morgan fingerprint density at radius 1 is 1.15 bits per heavy atom. The van der Waals surface area contributed by atoms with E-state index in [1.54, 1.807) is 0 Å². The standard InChI is InChI=1S/C16H27N3O/c1-5-6-14-18-15(17)12(4)16(19-14)20-13-8-10(2)7-11(3)9-13/h10-11,13H,5-9H2,1-4H3,(H2,17,18,19). The Labute approximate surface area is 122 Å². The fourth-order valence-corrected chi connectivity index (χ4v) is 3.14. The number of hydrogen-bond acceptors (Lipinski definition) is 4. The van der Waals surface area contributed by atoms with Crippen LogP contribution in [-0.4, -0.2) is 16.1 Å². The number of nitrogen functional groups attached to an aromatic ring is 1. The van der Waals surface area contributed by atoms with Crippen molar-refractivity contribution in [3.05, 3.63) is 11.4 Å². The maximum atomic E-state index is 6.16. The van der Waals surface area contributed by atoms with Crippen molar-refractivity contribution < 1.29 is 4.74 Å². The summed E-state index contributed by atoms with van der Waals surface area (Å²) in [5.74, 6) is 3.47. The highest BCUT2D eigenvalue weighted by molar-refractivity contribution is 5.44. The van der Waals surface area contributed by atoms with Gasteiger partial charge >= 0.3 is 0 Å². The molecule has 0 spiro atoms. The monoisotopic (exact) mass is 277 g/mol. The minimum absolute atomic E-state index is 0.260. The van der Waals surface area contributed by atoms with Crippen LogP contribution in [0.15, 0.2) is 0 Å². The molecule has 2 rings (SSSR count). The maximum Gasteiger partial charge on any atom is 0.222 e. The van der Waals surface area contributed by atoms with Crippen LogP contribution in [0.1, 0.15) is 57.8 Å². The van der Waals surface area contributed by atoms with Crippen LogP contribution in [0.3, 0.4) is 0 Å². The normalized spacial score (nSPS) is 26.5. The van der Waals surface area contributed by atoms with E-state index in [1.165, 1.54) is 6.42 Å². The highest BCUT2D eigenvalue weighted by atomic mass is 16.5. The van der Waals surface area contributed by atoms with Crippen molar-refractivity contribution in [3.8, 4) is 5.88 Å². The summed E-state index contributed by atoms with van der Waals surface area (Å²) in [6.07, 6.45) is 5.63. The molecule has 1 saturated carbocycles. The molecule has 0 radical (unpaired) electrons. The lowest BCUT2D eigenvalue weighted by molar-refractivity contribution is 0.0957. The fraction of sp³-hybridized carbons (Fsp3) is 0.750. The van der Waals surface area contributed by atoms with Gasteiger partial charge in [0.1, 0.15) is 17.7 Å². The van der Waals surface area contributed by atoms with E-state index in [9.17, 15) is 0 Å². The summed E-state index contributed by atoms with van der Waals surface area (Å²) in [4.78, 5) is 8.89. The second-order valence-corrected chi connectivity index (χ2v) is 6.36. The quantitative estimate of drug-likeness (QED) is 0.914. The molecule has 4 heteroatoms. The second-order valence-electron chi connectivity index (χ2n) is 6.36. The third-order valence-corrected chi connectivity index (χ3v) is 4.07. The Hall–Kier alpha value is -1.32. The lowest BCUT2D eigenvalue weighted by atomic mass is 9.82. The van der Waals surface area contributed by atoms with Crippen LogP contribution in [0.2, 0.25) is 0 Å². The van der Waals surface area contributed by atoms with Crippen LogP contribution < -0.4 is 10.5 Å². The highest BCUT2D eigenvalue weighted by Gasteiger charge is 2.26. The van der Waals surface area contributed by atoms with Gasteiger partial charge in [-0.1, -0.05) is 20.8 Å². The molecule has 1 heterocycles. The summed E-state index contributed by atoms with van der Waals surface area (Å²) < 4.78 is 6.16. The summed E-state index contributed by atoms with van der Waals surface area (Å²) in [6, 6.07) is 0. The molecule has 1 aliphatic carbocycles. The van der Waals surface area contributed by atoms with Gasteiger partial charge in [0.05, 0.1) is 5.56 Å². The molecular weight excluding hydrogens is 250 g/mol. The van der Waals surface area contributed by atoms with Gasteiger partial charge in [0.2, 0.25) is 5.88 Å². The number of nitrogens with zero attached hydrogens (tertiary/aromatic N) is 2. The van der Waals surface area contributed by atoms with Crippen LogP contribution in [0.5, 0.6) is 5.88 Å². The van der Waals surface area contributed by atoms with Gasteiger partial charge in [0.15, 0.2) is 0 Å². The summed E-state index contributed by atoms with van der Waals surface area (Å²) >= 11 is 0. The molecule has 0 saturated heterocycles. The summed E-state index contributed by atoms with van der Waals surface area (Å²) in [5, 5.41) is 0. The zero-order valence-electron chi connectivity index (χ0n) is 13.1. The lowest BCUT2D eigenvalue weighted by Crippen LogP contribution is -2.29. The Kier molecular flexibility index (Phi) is 4.84. The summed E-state index contributed by atoms with van der Waals surface area (Å²) in [5.41, 5.74) is 6.85. The largest absolute Gasteiger partial charge is 0.474 e. The Morgan fingerprint density at radius 2 is 1.80 bits per heavy atom. The third kappa shape index (κ3) is 3.62. The van der Waals surface area contributed by atoms with E-state index >= 15 is 0 Å². The van der Waals surface area contributed by atoms with Crippen LogP contribution in [0, 0.1) is 18.8 Å². The summed E-state index contributed by atoms with van der Waals surface area (Å²) in [7, 11) is 0. The summed E-state index contributed by atoms with van der Waals surface area (Å²) in [6.45, 7) is 8.66. The van der Waals surface area contributed by atoms with Crippen molar-refractivity contribution in [1.29, 1.82) is 0 Å². The number of rotatable bonds is 4. The van der Waals surface area contributed by atoms with Crippen LogP contribution >= 0.6 is 0 Å². The lowest BCUT2D eigenvalue weighted by Gasteiger charge is -2.31. The van der Waals surface area contributed by atoms with Gasteiger partial charge in [-0.25, -0.2) is 4.98 Å². The number of aromatic nitrogens is 2. The van der Waals surface area contributed by atoms with E-state index in [-0.39, 0.29) is 6.10 Å². The first-order valence-corrected chi connectivity index (χ1v) is 7.79. The maximum absolute atomic E-state index is 6.16. The van der Waals surface area contributed by atoms with Crippen molar-refractivity contribution in [1.82, 2.24) is 9.97 Å². The first-order valence-electron chi connectivity index (χ1n) is 7.79. The van der Waals surface area contributed by atoms with Gasteiger partial charge in [-0.2, -0.15) is 4.98 Å². The predicted octanol–water partition coefficient (Wildman–Crippen LogP) is 3.52. The van der Waals surface area contributed by atoms with Gasteiger partial charge in [0, 0.05) is 6.42 Å². The van der Waals surface area contributed by atoms with Gasteiger partial charge < -0.3 is 10.5 Å². The molecule has 1 fully saturated rings. The topological polar surface area (TPSA) is 61.0 Å². The van der Waals surface area contributed by atoms with Crippen molar-refractivity contribution in [2.45, 2.75) is 65.9 Å². The van der Waals surface area contributed by atoms with Crippen molar-refractivity contribution >= 4 is 5.82 Å². The van der Waals surface area contributed by atoms with E-state index in [1.807, 2.05) is 6.92 Å². The number of hydrogen-bond donors (Lipinski definition) is 1. The van der Waals surface area contributed by atoms with Crippen molar-refractivity contribution in [2.75, 3.05) is 5.73 Å². The molecule has 0 aromatic carbocycles. The zero-order chi connectivity index (χ0) is 14.7. The van der Waals surface area contributed by atoms with E-state index in [2.05, 4.69) is 30.7 Å². The number of ether oxygens (including phenoxy) is 1. The molecule has 2 N–H and O–H groups in total. The molecule has 0 bridgehead atoms. The first kappa shape index (κ1) is 15.1. The second kappa shape index (κ2) is 6.42. The third-order valence-electron chi connectivity index (χ3n) is 4.07. The number of anilines is 1. The molecule has 1 aromatic rings. The molecule has 1 aliphatic rings. The molecule has 2 atom stereocenters. The Morgan fingerprint density at radius 3 is 2.40 bits per heavy atom. The minimum Gasteiger partial charge on any atom is -0.474 e. The molecule has 2 unspecified atom stereocenters. The van der Waals surface area contributed by atoms with Gasteiger partial charge in [-0.15, -0.1) is 0 Å². The number of aryl methyl sites for hydroxylation is 1. The average Bonchev–Trinajstić information content (AvgIpc) is 2.34. The van der Waals surface area contributed by atoms with Gasteiger partial charge in [-0.3, -0.25) is 0 Å². The minimum atomic E-state index is 0.260. The first-order chi connectivity index (χ1) is 9.49. The zero-order valence-corrected chi connectivity index (χ0v) is 13.1.